The number of nitrogens with one attached hydrogen (secondary N) is 1. The average Bonchev–Trinajstić information content (AvgIpc) is 2.84. The molecule has 0 unspecified atom stereocenters. The van der Waals surface area contributed by atoms with Crippen LogP contribution in [0.15, 0.2) is 78.9 Å². The zero-order valence-electron chi connectivity index (χ0n) is 17.5. The number of nitrogens with zero attached hydrogens (tertiary/aromatic N) is 2. The van der Waals surface area contributed by atoms with Crippen molar-refractivity contribution in [2.45, 2.75) is 0 Å². The largest absolute Gasteiger partial charge is 0.497 e. The number of rotatable bonds is 5. The standard InChI is InChI=1S/C25H25N3O3/c1-31-21-11-7-10-20(18-21)24(29)26-22-12-5-6-13-23(22)27-14-16-28(17-15-27)25(30)19-8-3-2-4-9-19/h2-13,18H,14-17H2,1H3,(H,26,29). The quantitative estimate of drug-likeness (QED) is 0.686. The van der Waals surface area contributed by atoms with E-state index in [0.29, 0.717) is 43.1 Å². The maximum absolute atomic E-state index is 12.8. The SMILES string of the molecule is COc1cccc(C(=O)Nc2ccccc2N2CCN(C(=O)c3ccccc3)CC2)c1. The van der Waals surface area contributed by atoms with Crippen LogP contribution in [0.5, 0.6) is 5.75 Å². The molecule has 1 fully saturated rings. The van der Waals surface area contributed by atoms with Crippen molar-refractivity contribution in [2.24, 2.45) is 0 Å². The normalized spacial score (nSPS) is 13.6. The zero-order chi connectivity index (χ0) is 21.6. The Kier molecular flexibility index (Phi) is 6.17. The molecule has 0 spiro atoms. The molecule has 31 heavy (non-hydrogen) atoms. The topological polar surface area (TPSA) is 61.9 Å². The summed E-state index contributed by atoms with van der Waals surface area (Å²) < 4.78 is 5.22. The second-order valence-electron chi connectivity index (χ2n) is 7.35. The summed E-state index contributed by atoms with van der Waals surface area (Å²) in [7, 11) is 1.58. The molecular weight excluding hydrogens is 390 g/mol. The maximum atomic E-state index is 12.8. The number of carbonyl (C=O) groups is 2. The van der Waals surface area contributed by atoms with E-state index in [1.165, 1.54) is 0 Å². The van der Waals surface area contributed by atoms with Crippen LogP contribution in [0, 0.1) is 0 Å². The molecule has 4 rings (SSSR count). The van der Waals surface area contributed by atoms with Crippen LogP contribution in [0.2, 0.25) is 0 Å². The Labute approximate surface area is 182 Å². The Morgan fingerprint density at radius 2 is 1.48 bits per heavy atom. The van der Waals surface area contributed by atoms with Crippen molar-refractivity contribution in [3.8, 4) is 5.75 Å². The second kappa shape index (κ2) is 9.34. The predicted octanol–water partition coefficient (Wildman–Crippen LogP) is 3.91. The average molecular weight is 415 g/mol. The van der Waals surface area contributed by atoms with Crippen LogP contribution in [0.25, 0.3) is 0 Å². The maximum Gasteiger partial charge on any atom is 0.255 e. The van der Waals surface area contributed by atoms with Crippen LogP contribution < -0.4 is 15.0 Å². The minimum absolute atomic E-state index is 0.0554. The molecule has 1 heterocycles. The summed E-state index contributed by atoms with van der Waals surface area (Å²) in [6.07, 6.45) is 0. The third-order valence-electron chi connectivity index (χ3n) is 5.41. The molecular formula is C25H25N3O3. The summed E-state index contributed by atoms with van der Waals surface area (Å²) in [4.78, 5) is 29.6. The van der Waals surface area contributed by atoms with E-state index in [4.69, 9.17) is 4.74 Å². The van der Waals surface area contributed by atoms with Gasteiger partial charge in [0.2, 0.25) is 0 Å². The first-order valence-electron chi connectivity index (χ1n) is 10.3. The van der Waals surface area contributed by atoms with Crippen molar-refractivity contribution in [3.05, 3.63) is 90.0 Å². The van der Waals surface area contributed by atoms with Crippen LogP contribution >= 0.6 is 0 Å². The lowest BCUT2D eigenvalue weighted by Gasteiger charge is -2.37. The highest BCUT2D eigenvalue weighted by molar-refractivity contribution is 6.06. The van der Waals surface area contributed by atoms with Gasteiger partial charge in [-0.3, -0.25) is 9.59 Å². The molecule has 3 aromatic carbocycles. The van der Waals surface area contributed by atoms with Crippen molar-refractivity contribution in [3.63, 3.8) is 0 Å². The Bertz CT molecular complexity index is 1060. The molecule has 0 saturated carbocycles. The molecule has 3 aromatic rings. The first-order chi connectivity index (χ1) is 15.2. The van der Waals surface area contributed by atoms with Gasteiger partial charge < -0.3 is 19.9 Å². The number of benzene rings is 3. The zero-order valence-corrected chi connectivity index (χ0v) is 17.5. The smallest absolute Gasteiger partial charge is 0.255 e. The molecule has 1 aliphatic rings. The van der Waals surface area contributed by atoms with E-state index in [1.807, 2.05) is 59.5 Å². The second-order valence-corrected chi connectivity index (χ2v) is 7.35. The molecule has 6 nitrogen and oxygen atoms in total. The molecule has 0 radical (unpaired) electrons. The van der Waals surface area contributed by atoms with Crippen LogP contribution in [-0.2, 0) is 0 Å². The fourth-order valence-corrected chi connectivity index (χ4v) is 3.73. The van der Waals surface area contributed by atoms with Crippen molar-refractivity contribution in [1.29, 1.82) is 0 Å². The van der Waals surface area contributed by atoms with Gasteiger partial charge in [0.15, 0.2) is 0 Å². The van der Waals surface area contributed by atoms with Crippen LogP contribution in [0.4, 0.5) is 11.4 Å². The molecule has 0 aromatic heterocycles. The number of hydrogen-bond acceptors (Lipinski definition) is 4. The fraction of sp³-hybridized carbons (Fsp3) is 0.200. The van der Waals surface area contributed by atoms with Crippen LogP contribution in [0.1, 0.15) is 20.7 Å². The number of piperazine rings is 1. The van der Waals surface area contributed by atoms with E-state index in [1.54, 1.807) is 31.4 Å². The molecule has 2 amide bonds. The van der Waals surface area contributed by atoms with Gasteiger partial charge in [-0.25, -0.2) is 0 Å². The van der Waals surface area contributed by atoms with Crippen molar-refractivity contribution >= 4 is 23.2 Å². The van der Waals surface area contributed by atoms with E-state index in [-0.39, 0.29) is 11.8 Å². The monoisotopic (exact) mass is 415 g/mol. The number of anilines is 2. The number of carbonyl (C=O) groups excluding carboxylic acids is 2. The molecule has 158 valence electrons. The summed E-state index contributed by atoms with van der Waals surface area (Å²) in [5.41, 5.74) is 2.94. The first-order valence-corrected chi connectivity index (χ1v) is 10.3. The molecule has 0 bridgehead atoms. The fourth-order valence-electron chi connectivity index (χ4n) is 3.73. The molecule has 0 atom stereocenters. The van der Waals surface area contributed by atoms with Gasteiger partial charge >= 0.3 is 0 Å². The molecule has 1 aliphatic heterocycles. The summed E-state index contributed by atoms with van der Waals surface area (Å²) >= 11 is 0. The van der Waals surface area contributed by atoms with E-state index in [2.05, 4.69) is 10.2 Å². The van der Waals surface area contributed by atoms with E-state index >= 15 is 0 Å². The van der Waals surface area contributed by atoms with Gasteiger partial charge in [0.05, 0.1) is 18.5 Å². The first kappa shape index (κ1) is 20.5. The summed E-state index contributed by atoms with van der Waals surface area (Å²) in [6.45, 7) is 2.66. The minimum Gasteiger partial charge on any atom is -0.497 e. The van der Waals surface area contributed by atoms with Crippen molar-refractivity contribution < 1.29 is 14.3 Å². The molecule has 6 heteroatoms. The van der Waals surface area contributed by atoms with E-state index in [0.717, 1.165) is 11.4 Å². The number of methoxy groups -OCH3 is 1. The van der Waals surface area contributed by atoms with Gasteiger partial charge in [0, 0.05) is 37.3 Å². The number of para-hydroxylation sites is 2. The third-order valence-corrected chi connectivity index (χ3v) is 5.41. The van der Waals surface area contributed by atoms with E-state index < -0.39 is 0 Å². The number of ether oxygens (including phenoxy) is 1. The van der Waals surface area contributed by atoms with Crippen LogP contribution in [0.3, 0.4) is 0 Å². The van der Waals surface area contributed by atoms with Crippen molar-refractivity contribution in [1.82, 2.24) is 4.90 Å². The van der Waals surface area contributed by atoms with Gasteiger partial charge in [-0.05, 0) is 42.5 Å². The predicted molar refractivity (Wildman–Crippen MR) is 122 cm³/mol. The highest BCUT2D eigenvalue weighted by Gasteiger charge is 2.23. The molecule has 1 saturated heterocycles. The van der Waals surface area contributed by atoms with Gasteiger partial charge in [0.1, 0.15) is 5.75 Å². The molecule has 1 N–H and O–H groups in total. The van der Waals surface area contributed by atoms with Gasteiger partial charge in [-0.2, -0.15) is 0 Å². The lowest BCUT2D eigenvalue weighted by atomic mass is 10.1. The molecule has 0 aliphatic carbocycles. The third kappa shape index (κ3) is 4.69. The van der Waals surface area contributed by atoms with Gasteiger partial charge in [0.25, 0.3) is 11.8 Å². The lowest BCUT2D eigenvalue weighted by molar-refractivity contribution is 0.0746. The Hall–Kier alpha value is -3.80. The summed E-state index contributed by atoms with van der Waals surface area (Å²) in [5, 5.41) is 3.02. The van der Waals surface area contributed by atoms with Gasteiger partial charge in [-0.15, -0.1) is 0 Å². The number of amides is 2. The number of hydrogen-bond donors (Lipinski definition) is 1. The van der Waals surface area contributed by atoms with Crippen molar-refractivity contribution in [2.75, 3.05) is 43.5 Å². The minimum atomic E-state index is -0.191. The lowest BCUT2D eigenvalue weighted by Crippen LogP contribution is -2.49. The summed E-state index contributed by atoms with van der Waals surface area (Å²) in [6, 6.07) is 24.2. The Morgan fingerprint density at radius 1 is 0.806 bits per heavy atom. The van der Waals surface area contributed by atoms with E-state index in [9.17, 15) is 9.59 Å². The Balaban J connectivity index is 1.44. The summed E-state index contributed by atoms with van der Waals surface area (Å²) in [5.74, 6) is 0.504. The van der Waals surface area contributed by atoms with Gasteiger partial charge in [-0.1, -0.05) is 36.4 Å². The van der Waals surface area contributed by atoms with Crippen LogP contribution in [-0.4, -0.2) is 50.0 Å². The highest BCUT2D eigenvalue weighted by atomic mass is 16.5. The highest BCUT2D eigenvalue weighted by Crippen LogP contribution is 2.27. The Morgan fingerprint density at radius 3 is 2.23 bits per heavy atom.